The van der Waals surface area contributed by atoms with Crippen LogP contribution in [-0.2, 0) is 11.4 Å². The van der Waals surface area contributed by atoms with Crippen LogP contribution in [0.5, 0.6) is 0 Å². The van der Waals surface area contributed by atoms with Crippen LogP contribution in [0.1, 0.15) is 11.1 Å². The molecule has 0 aliphatic carbocycles. The van der Waals surface area contributed by atoms with E-state index in [1.54, 1.807) is 6.21 Å². The molecule has 2 aromatic rings. The summed E-state index contributed by atoms with van der Waals surface area (Å²) in [5.74, 6) is 0. The Morgan fingerprint density at radius 3 is 2.78 bits per heavy atom. The zero-order valence-electron chi connectivity index (χ0n) is 9.51. The van der Waals surface area contributed by atoms with Crippen molar-refractivity contribution in [3.63, 3.8) is 0 Å². The molecule has 0 saturated carbocycles. The molecule has 0 spiro atoms. The first-order chi connectivity index (χ1) is 8.75. The van der Waals surface area contributed by atoms with E-state index in [4.69, 9.17) is 16.4 Å². The molecular formula is C14H11BrClNO. The van der Waals surface area contributed by atoms with Crippen LogP contribution in [0.25, 0.3) is 0 Å². The van der Waals surface area contributed by atoms with Crippen LogP contribution >= 0.6 is 27.5 Å². The van der Waals surface area contributed by atoms with Crippen LogP contribution in [0.15, 0.2) is 58.2 Å². The fourth-order valence-electron chi connectivity index (χ4n) is 1.41. The molecule has 0 fully saturated rings. The summed E-state index contributed by atoms with van der Waals surface area (Å²) < 4.78 is 1.01. The lowest BCUT2D eigenvalue weighted by molar-refractivity contribution is 0.132. The van der Waals surface area contributed by atoms with Crippen LogP contribution < -0.4 is 0 Å². The molecule has 2 aromatic carbocycles. The highest BCUT2D eigenvalue weighted by Crippen LogP contribution is 2.15. The molecule has 0 amide bonds. The minimum Gasteiger partial charge on any atom is -0.391 e. The molecule has 0 radical (unpaired) electrons. The largest absolute Gasteiger partial charge is 0.391 e. The number of nitrogens with zero attached hydrogens (tertiary/aromatic N) is 1. The minimum atomic E-state index is 0.365. The molecule has 0 aromatic heterocycles. The Morgan fingerprint density at radius 2 is 2.00 bits per heavy atom. The Hall–Kier alpha value is -1.32. The average Bonchev–Trinajstić information content (AvgIpc) is 2.37. The number of hydrogen-bond acceptors (Lipinski definition) is 2. The van der Waals surface area contributed by atoms with Crippen molar-refractivity contribution in [2.45, 2.75) is 6.61 Å². The van der Waals surface area contributed by atoms with Gasteiger partial charge in [-0.25, -0.2) is 0 Å². The van der Waals surface area contributed by atoms with Gasteiger partial charge in [0.15, 0.2) is 0 Å². The van der Waals surface area contributed by atoms with Crippen molar-refractivity contribution in [3.05, 3.63) is 69.2 Å². The van der Waals surface area contributed by atoms with Gasteiger partial charge in [0.05, 0.1) is 6.21 Å². The smallest absolute Gasteiger partial charge is 0.143 e. The van der Waals surface area contributed by atoms with Gasteiger partial charge in [-0.3, -0.25) is 0 Å². The van der Waals surface area contributed by atoms with Crippen molar-refractivity contribution in [1.29, 1.82) is 0 Å². The zero-order chi connectivity index (χ0) is 12.8. The van der Waals surface area contributed by atoms with Crippen molar-refractivity contribution < 1.29 is 4.84 Å². The molecule has 0 saturated heterocycles. The standard InChI is InChI=1S/C14H11BrClNO/c15-13-6-3-4-11(8-13)9-17-18-10-12-5-1-2-7-14(12)16/h1-9H,10H2. The molecule has 18 heavy (non-hydrogen) atoms. The first-order valence-corrected chi connectivity index (χ1v) is 6.57. The van der Waals surface area contributed by atoms with Gasteiger partial charge in [-0.2, -0.15) is 0 Å². The fourth-order valence-corrected chi connectivity index (χ4v) is 2.01. The lowest BCUT2D eigenvalue weighted by Crippen LogP contribution is -1.89. The summed E-state index contributed by atoms with van der Waals surface area (Å²) in [5.41, 5.74) is 1.90. The number of oxime groups is 1. The van der Waals surface area contributed by atoms with E-state index < -0.39 is 0 Å². The van der Waals surface area contributed by atoms with E-state index in [9.17, 15) is 0 Å². The normalized spacial score (nSPS) is 10.8. The van der Waals surface area contributed by atoms with Crippen molar-refractivity contribution in [3.8, 4) is 0 Å². The van der Waals surface area contributed by atoms with Crippen molar-refractivity contribution in [1.82, 2.24) is 0 Å². The van der Waals surface area contributed by atoms with E-state index in [-0.39, 0.29) is 0 Å². The summed E-state index contributed by atoms with van der Waals surface area (Å²) in [5, 5.41) is 4.60. The maximum Gasteiger partial charge on any atom is 0.143 e. The van der Waals surface area contributed by atoms with E-state index in [1.807, 2.05) is 48.5 Å². The molecule has 0 aliphatic rings. The third kappa shape index (κ3) is 3.86. The van der Waals surface area contributed by atoms with Crippen LogP contribution in [0.4, 0.5) is 0 Å². The second-order valence-corrected chi connectivity index (χ2v) is 4.98. The summed E-state index contributed by atoms with van der Waals surface area (Å²) in [4.78, 5) is 5.21. The van der Waals surface area contributed by atoms with Gasteiger partial charge in [0, 0.05) is 15.1 Å². The third-order valence-electron chi connectivity index (χ3n) is 2.30. The summed E-state index contributed by atoms with van der Waals surface area (Å²) >= 11 is 9.40. The van der Waals surface area contributed by atoms with E-state index >= 15 is 0 Å². The lowest BCUT2D eigenvalue weighted by atomic mass is 10.2. The molecule has 2 rings (SSSR count). The molecule has 0 heterocycles. The Morgan fingerprint density at radius 1 is 1.17 bits per heavy atom. The summed E-state index contributed by atoms with van der Waals surface area (Å²) in [6.45, 7) is 0.365. The van der Waals surface area contributed by atoms with E-state index in [0.29, 0.717) is 11.6 Å². The van der Waals surface area contributed by atoms with Gasteiger partial charge in [-0.15, -0.1) is 0 Å². The highest BCUT2D eigenvalue weighted by atomic mass is 79.9. The summed E-state index contributed by atoms with van der Waals surface area (Å²) in [6.07, 6.45) is 1.67. The van der Waals surface area contributed by atoms with Crippen LogP contribution in [0, 0.1) is 0 Å². The first-order valence-electron chi connectivity index (χ1n) is 5.40. The Balaban J connectivity index is 1.91. The van der Waals surface area contributed by atoms with Gasteiger partial charge >= 0.3 is 0 Å². The minimum absolute atomic E-state index is 0.365. The zero-order valence-corrected chi connectivity index (χ0v) is 11.9. The molecule has 4 heteroatoms. The molecule has 0 aliphatic heterocycles. The van der Waals surface area contributed by atoms with Gasteiger partial charge in [-0.05, 0) is 23.8 Å². The highest BCUT2D eigenvalue weighted by Gasteiger charge is 1.97. The van der Waals surface area contributed by atoms with E-state index in [0.717, 1.165) is 15.6 Å². The first kappa shape index (κ1) is 13.1. The van der Waals surface area contributed by atoms with Crippen molar-refractivity contribution >= 4 is 33.7 Å². The third-order valence-corrected chi connectivity index (χ3v) is 3.16. The SMILES string of the molecule is Clc1ccccc1CON=Cc1cccc(Br)c1. The summed E-state index contributed by atoms with van der Waals surface area (Å²) in [6, 6.07) is 15.4. The van der Waals surface area contributed by atoms with Gasteiger partial charge in [0.25, 0.3) is 0 Å². The van der Waals surface area contributed by atoms with Gasteiger partial charge in [-0.1, -0.05) is 63.0 Å². The number of halogens is 2. The second kappa shape index (κ2) is 6.57. The van der Waals surface area contributed by atoms with Gasteiger partial charge < -0.3 is 4.84 Å². The lowest BCUT2D eigenvalue weighted by Gasteiger charge is -2.01. The topological polar surface area (TPSA) is 21.6 Å². The molecule has 0 atom stereocenters. The number of hydrogen-bond donors (Lipinski definition) is 0. The van der Waals surface area contributed by atoms with E-state index in [1.165, 1.54) is 0 Å². The molecule has 0 unspecified atom stereocenters. The number of rotatable bonds is 4. The maximum atomic E-state index is 6.00. The summed E-state index contributed by atoms with van der Waals surface area (Å²) in [7, 11) is 0. The second-order valence-electron chi connectivity index (χ2n) is 3.65. The number of benzene rings is 2. The molecular weight excluding hydrogens is 314 g/mol. The predicted molar refractivity (Wildman–Crippen MR) is 78.0 cm³/mol. The Kier molecular flexibility index (Phi) is 4.79. The molecule has 2 nitrogen and oxygen atoms in total. The fraction of sp³-hybridized carbons (Fsp3) is 0.0714. The molecule has 92 valence electrons. The van der Waals surface area contributed by atoms with E-state index in [2.05, 4.69) is 21.1 Å². The van der Waals surface area contributed by atoms with Crippen molar-refractivity contribution in [2.75, 3.05) is 0 Å². The highest BCUT2D eigenvalue weighted by molar-refractivity contribution is 9.10. The Labute approximate surface area is 119 Å². The maximum absolute atomic E-state index is 6.00. The van der Waals surface area contributed by atoms with Crippen molar-refractivity contribution in [2.24, 2.45) is 5.16 Å². The van der Waals surface area contributed by atoms with Gasteiger partial charge in [0.2, 0.25) is 0 Å². The van der Waals surface area contributed by atoms with Crippen LogP contribution in [-0.4, -0.2) is 6.21 Å². The van der Waals surface area contributed by atoms with Crippen LogP contribution in [0.3, 0.4) is 0 Å². The van der Waals surface area contributed by atoms with Gasteiger partial charge in [0.1, 0.15) is 6.61 Å². The molecule has 0 bridgehead atoms. The Bertz CT molecular complexity index is 557. The average molecular weight is 325 g/mol. The quantitative estimate of drug-likeness (QED) is 0.592. The monoisotopic (exact) mass is 323 g/mol. The molecule has 0 N–H and O–H groups in total. The van der Waals surface area contributed by atoms with Crippen LogP contribution in [0.2, 0.25) is 5.02 Å². The predicted octanol–water partition coefficient (Wildman–Crippen LogP) is 4.65.